The Morgan fingerprint density at radius 3 is 2.65 bits per heavy atom. The van der Waals surface area contributed by atoms with Crippen molar-refractivity contribution in [1.29, 1.82) is 0 Å². The molecule has 2 amide bonds. The number of alkyl halides is 1. The van der Waals surface area contributed by atoms with Crippen LogP contribution in [0.4, 0.5) is 0 Å². The van der Waals surface area contributed by atoms with Crippen LogP contribution in [0.3, 0.4) is 0 Å². The predicted molar refractivity (Wildman–Crippen MR) is 124 cm³/mol. The molecule has 0 aromatic rings. The van der Waals surface area contributed by atoms with Gasteiger partial charge in [-0.05, 0) is 25.7 Å². The zero-order valence-corrected chi connectivity index (χ0v) is 21.2. The second kappa shape index (κ2) is 10.00. The largest absolute Gasteiger partial charge is 0.466 e. The predicted octanol–water partition coefficient (Wildman–Crippen LogP) is 2.34. The molecule has 1 spiro atoms. The van der Waals surface area contributed by atoms with Crippen LogP contribution < -0.4 is 5.32 Å². The molecule has 176 valence electrons. The minimum atomic E-state index is -0.708. The lowest BCUT2D eigenvalue weighted by atomic mass is 9.71. The molecule has 0 aromatic heterocycles. The van der Waals surface area contributed by atoms with Crippen molar-refractivity contribution in [1.82, 2.24) is 10.2 Å². The first kappa shape index (κ1) is 24.8. The number of aliphatic hydroxyl groups excluding tert-OH is 1. The molecule has 3 rings (SSSR count). The lowest BCUT2D eigenvalue weighted by Gasteiger charge is -2.38. The molecule has 3 fully saturated rings. The van der Waals surface area contributed by atoms with E-state index in [2.05, 4.69) is 28.2 Å². The van der Waals surface area contributed by atoms with E-state index >= 15 is 0 Å². The maximum absolute atomic E-state index is 13.8. The van der Waals surface area contributed by atoms with Gasteiger partial charge in [-0.3, -0.25) is 14.4 Å². The number of likely N-dealkylation sites (tertiary alicyclic amines) is 1. The maximum atomic E-state index is 13.8. The number of unbranched alkanes of at least 4 members (excludes halogenated alkanes) is 2. The van der Waals surface area contributed by atoms with Crippen LogP contribution in [-0.4, -0.2) is 74.5 Å². The molecule has 9 heteroatoms. The topological polar surface area (TPSA) is 95.9 Å². The number of nitrogens with one attached hydrogen (secondary N) is 1. The van der Waals surface area contributed by atoms with Gasteiger partial charge in [0.05, 0.1) is 35.8 Å². The number of aliphatic hydroxyl groups is 1. The highest BCUT2D eigenvalue weighted by atomic mass is 79.9. The Balaban J connectivity index is 2.00. The van der Waals surface area contributed by atoms with E-state index in [1.807, 2.05) is 13.8 Å². The molecule has 0 radical (unpaired) electrons. The Morgan fingerprint density at radius 2 is 2.06 bits per heavy atom. The first-order valence-electron chi connectivity index (χ1n) is 11.4. The van der Waals surface area contributed by atoms with Crippen LogP contribution in [0.5, 0.6) is 0 Å². The molecule has 3 unspecified atom stereocenters. The van der Waals surface area contributed by atoms with Gasteiger partial charge >= 0.3 is 5.97 Å². The van der Waals surface area contributed by atoms with Crippen molar-refractivity contribution in [3.05, 3.63) is 0 Å². The monoisotopic (exact) mass is 518 g/mol. The summed E-state index contributed by atoms with van der Waals surface area (Å²) in [7, 11) is 0. The molecule has 3 saturated heterocycles. The Bertz CT molecular complexity index is 707. The second-order valence-electron chi connectivity index (χ2n) is 9.15. The fourth-order valence-electron chi connectivity index (χ4n) is 5.54. The zero-order valence-electron chi connectivity index (χ0n) is 18.8. The average molecular weight is 520 g/mol. The highest BCUT2D eigenvalue weighted by molar-refractivity contribution is 9.09. The number of amides is 2. The number of nitrogens with zero attached hydrogens (tertiary/aromatic N) is 1. The molecule has 3 aliphatic rings. The summed E-state index contributed by atoms with van der Waals surface area (Å²) in [5, 5.41) is 13.1. The van der Waals surface area contributed by atoms with Crippen molar-refractivity contribution in [3.8, 4) is 0 Å². The number of esters is 1. The van der Waals surface area contributed by atoms with Crippen molar-refractivity contribution in [2.24, 2.45) is 17.8 Å². The molecule has 7 atom stereocenters. The SMILES string of the molecule is CCCCCNC(=O)C1N([C@@H](CO)C(C)C)C(=O)[C@@H]2[C@@H](C(=O)OCC)[C@@H]3SC12CC3Br. The molecule has 2 bridgehead atoms. The van der Waals surface area contributed by atoms with E-state index in [4.69, 9.17) is 4.74 Å². The fourth-order valence-corrected chi connectivity index (χ4v) is 9.12. The summed E-state index contributed by atoms with van der Waals surface area (Å²) in [5.41, 5.74) is 0. The van der Waals surface area contributed by atoms with Gasteiger partial charge in [0.25, 0.3) is 0 Å². The molecule has 3 aliphatic heterocycles. The number of hydrogen-bond donors (Lipinski definition) is 2. The number of hydrogen-bond acceptors (Lipinski definition) is 6. The van der Waals surface area contributed by atoms with Crippen molar-refractivity contribution in [2.45, 2.75) is 80.3 Å². The minimum Gasteiger partial charge on any atom is -0.466 e. The van der Waals surface area contributed by atoms with Gasteiger partial charge in [-0.2, -0.15) is 0 Å². The number of rotatable bonds is 10. The lowest BCUT2D eigenvalue weighted by Crippen LogP contribution is -2.58. The van der Waals surface area contributed by atoms with Crippen LogP contribution in [0.15, 0.2) is 0 Å². The summed E-state index contributed by atoms with van der Waals surface area (Å²) < 4.78 is 4.65. The summed E-state index contributed by atoms with van der Waals surface area (Å²) in [6, 6.07) is -1.18. The number of carbonyl (C=O) groups excluding carboxylic acids is 3. The number of fused-ring (bicyclic) bond motifs is 1. The van der Waals surface area contributed by atoms with Crippen molar-refractivity contribution in [3.63, 3.8) is 0 Å². The van der Waals surface area contributed by atoms with Crippen LogP contribution in [0.2, 0.25) is 0 Å². The van der Waals surface area contributed by atoms with E-state index in [-0.39, 0.29) is 47.0 Å². The van der Waals surface area contributed by atoms with E-state index < -0.39 is 28.7 Å². The molecule has 7 nitrogen and oxygen atoms in total. The van der Waals surface area contributed by atoms with Gasteiger partial charge in [0.15, 0.2) is 0 Å². The Labute approximate surface area is 197 Å². The number of carbonyl (C=O) groups is 3. The van der Waals surface area contributed by atoms with Gasteiger partial charge in [0.2, 0.25) is 11.8 Å². The van der Waals surface area contributed by atoms with Crippen LogP contribution in [-0.2, 0) is 19.1 Å². The van der Waals surface area contributed by atoms with Crippen LogP contribution >= 0.6 is 27.7 Å². The summed E-state index contributed by atoms with van der Waals surface area (Å²) >= 11 is 5.31. The van der Waals surface area contributed by atoms with Gasteiger partial charge in [-0.15, -0.1) is 11.8 Å². The second-order valence-corrected chi connectivity index (χ2v) is 11.9. The maximum Gasteiger partial charge on any atom is 0.310 e. The van der Waals surface area contributed by atoms with E-state index in [0.29, 0.717) is 13.0 Å². The molecular formula is C22H35BrN2O5S. The quantitative estimate of drug-likeness (QED) is 0.261. The van der Waals surface area contributed by atoms with Gasteiger partial charge in [0, 0.05) is 16.6 Å². The van der Waals surface area contributed by atoms with Crippen molar-refractivity contribution >= 4 is 45.5 Å². The van der Waals surface area contributed by atoms with Crippen LogP contribution in [0.25, 0.3) is 0 Å². The number of ether oxygens (including phenoxy) is 1. The Morgan fingerprint density at radius 1 is 1.35 bits per heavy atom. The lowest BCUT2D eigenvalue weighted by molar-refractivity contribution is -0.154. The van der Waals surface area contributed by atoms with Gasteiger partial charge in [0.1, 0.15) is 6.04 Å². The standard InChI is InChI=1S/C22H35BrN2O5S/c1-5-7-8-9-24-19(27)18-22-10-13(23)17(31-22)15(21(29)30-6-2)16(22)20(28)25(18)14(11-26)12(3)4/h12-18,26H,5-11H2,1-4H3,(H,24,27)/t13?,14-,15+,16-,17+,18?,22?/m0/s1. The fraction of sp³-hybridized carbons (Fsp3) is 0.864. The normalized spacial score (nSPS) is 34.9. The zero-order chi connectivity index (χ0) is 22.9. The first-order chi connectivity index (χ1) is 14.7. The molecule has 0 aromatic carbocycles. The molecule has 3 heterocycles. The first-order valence-corrected chi connectivity index (χ1v) is 13.2. The third-order valence-electron chi connectivity index (χ3n) is 6.93. The molecule has 0 aliphatic carbocycles. The van der Waals surface area contributed by atoms with Gasteiger partial charge in [-0.1, -0.05) is 49.5 Å². The molecule has 31 heavy (non-hydrogen) atoms. The number of thioether (sulfide) groups is 1. The van der Waals surface area contributed by atoms with E-state index in [1.54, 1.807) is 23.6 Å². The van der Waals surface area contributed by atoms with E-state index in [0.717, 1.165) is 19.3 Å². The third-order valence-corrected chi connectivity index (χ3v) is 10.1. The average Bonchev–Trinajstić information content (AvgIpc) is 3.30. The van der Waals surface area contributed by atoms with Crippen LogP contribution in [0.1, 0.15) is 53.4 Å². The van der Waals surface area contributed by atoms with E-state index in [9.17, 15) is 19.5 Å². The summed E-state index contributed by atoms with van der Waals surface area (Å²) in [6.45, 7) is 8.34. The van der Waals surface area contributed by atoms with E-state index in [1.165, 1.54) is 0 Å². The van der Waals surface area contributed by atoms with Gasteiger partial charge < -0.3 is 20.1 Å². The summed E-state index contributed by atoms with van der Waals surface area (Å²) in [4.78, 5) is 41.8. The molecule has 0 saturated carbocycles. The van der Waals surface area contributed by atoms with Gasteiger partial charge in [-0.25, -0.2) is 0 Å². The molecule has 2 N–H and O–H groups in total. The molecular weight excluding hydrogens is 484 g/mol. The highest BCUT2D eigenvalue weighted by Gasteiger charge is 2.76. The van der Waals surface area contributed by atoms with Crippen molar-refractivity contribution < 1.29 is 24.2 Å². The number of halogens is 1. The summed E-state index contributed by atoms with van der Waals surface area (Å²) in [5.74, 6) is -1.95. The Kier molecular flexibility index (Phi) is 8.01. The minimum absolute atomic E-state index is 0.0254. The highest BCUT2D eigenvalue weighted by Crippen LogP contribution is 2.68. The van der Waals surface area contributed by atoms with Crippen molar-refractivity contribution in [2.75, 3.05) is 19.8 Å². The third kappa shape index (κ3) is 4.14. The van der Waals surface area contributed by atoms with Crippen LogP contribution in [0, 0.1) is 17.8 Å². The Hall–Kier alpha value is -0.800. The summed E-state index contributed by atoms with van der Waals surface area (Å²) in [6.07, 6.45) is 3.60. The smallest absolute Gasteiger partial charge is 0.310 e.